The lowest BCUT2D eigenvalue weighted by molar-refractivity contribution is 0.573. The van der Waals surface area contributed by atoms with E-state index in [0.717, 1.165) is 13.0 Å². The molecule has 0 rings (SSSR count). The van der Waals surface area contributed by atoms with Gasteiger partial charge in [0.05, 0.1) is 0 Å². The van der Waals surface area contributed by atoms with Crippen LogP contribution in [0.2, 0.25) is 0 Å². The van der Waals surface area contributed by atoms with Crippen LogP contribution in [0.25, 0.3) is 0 Å². The number of hydrogen-bond donors (Lipinski definition) is 2. The van der Waals surface area contributed by atoms with Crippen LogP contribution in [0.5, 0.6) is 0 Å². The molecule has 0 aromatic rings. The second-order valence-electron chi connectivity index (χ2n) is 3.54. The van der Waals surface area contributed by atoms with E-state index in [1.54, 1.807) is 0 Å². The number of rotatable bonds is 4. The van der Waals surface area contributed by atoms with Gasteiger partial charge < -0.3 is 11.1 Å². The van der Waals surface area contributed by atoms with E-state index in [4.69, 9.17) is 5.73 Å². The predicted molar refractivity (Wildman–Crippen MR) is 54.2 cm³/mol. The Balaban J connectivity index is 3.68. The molecule has 0 saturated carbocycles. The number of nitrogens with zero attached hydrogens (tertiary/aromatic N) is 1. The lowest BCUT2D eigenvalue weighted by Crippen LogP contribution is -2.37. The monoisotopic (exact) mass is 171 g/mol. The van der Waals surface area contributed by atoms with Gasteiger partial charge in [0.15, 0.2) is 5.96 Å². The van der Waals surface area contributed by atoms with Crippen molar-refractivity contribution < 1.29 is 0 Å². The van der Waals surface area contributed by atoms with E-state index in [9.17, 15) is 0 Å². The molecule has 3 N–H and O–H groups in total. The highest BCUT2D eigenvalue weighted by Crippen LogP contribution is 1.99. The molecule has 0 aliphatic rings. The predicted octanol–water partition coefficient (Wildman–Crippen LogP) is 1.35. The number of nitrogens with two attached hydrogens (primary N) is 1. The molecule has 0 radical (unpaired) electrons. The summed E-state index contributed by atoms with van der Waals surface area (Å²) in [6, 6.07) is 0.366. The molecular weight excluding hydrogens is 150 g/mol. The summed E-state index contributed by atoms with van der Waals surface area (Å²) < 4.78 is 0. The molecule has 0 aliphatic heterocycles. The molecule has 0 spiro atoms. The van der Waals surface area contributed by atoms with E-state index in [1.165, 1.54) is 0 Å². The Bertz CT molecular complexity index is 141. The summed E-state index contributed by atoms with van der Waals surface area (Å²) in [5.74, 6) is 1.18. The Labute approximate surface area is 75.4 Å². The first-order valence-electron chi connectivity index (χ1n) is 4.62. The van der Waals surface area contributed by atoms with Gasteiger partial charge in [0.2, 0.25) is 0 Å². The molecule has 3 heteroatoms. The average Bonchev–Trinajstić information content (AvgIpc) is 1.99. The first-order chi connectivity index (χ1) is 5.56. The van der Waals surface area contributed by atoms with E-state index >= 15 is 0 Å². The SMILES string of the molecule is CCC(C)CN=C(N)NC(C)C. The summed E-state index contributed by atoms with van der Waals surface area (Å²) >= 11 is 0. The highest BCUT2D eigenvalue weighted by atomic mass is 15.1. The maximum atomic E-state index is 5.62. The summed E-state index contributed by atoms with van der Waals surface area (Å²) in [5.41, 5.74) is 5.62. The van der Waals surface area contributed by atoms with Crippen molar-refractivity contribution in [3.63, 3.8) is 0 Å². The van der Waals surface area contributed by atoms with Gasteiger partial charge in [0.25, 0.3) is 0 Å². The van der Waals surface area contributed by atoms with Crippen LogP contribution < -0.4 is 11.1 Å². The van der Waals surface area contributed by atoms with Crippen LogP contribution >= 0.6 is 0 Å². The zero-order valence-electron chi connectivity index (χ0n) is 8.59. The van der Waals surface area contributed by atoms with Crippen LogP contribution in [0.3, 0.4) is 0 Å². The molecular formula is C9H21N3. The van der Waals surface area contributed by atoms with Gasteiger partial charge >= 0.3 is 0 Å². The topological polar surface area (TPSA) is 50.4 Å². The highest BCUT2D eigenvalue weighted by Gasteiger charge is 1.98. The van der Waals surface area contributed by atoms with Crippen LogP contribution in [0.15, 0.2) is 4.99 Å². The molecule has 1 atom stereocenters. The van der Waals surface area contributed by atoms with Gasteiger partial charge in [0, 0.05) is 12.6 Å². The third-order valence-electron chi connectivity index (χ3n) is 1.71. The highest BCUT2D eigenvalue weighted by molar-refractivity contribution is 5.78. The molecule has 0 fully saturated rings. The fourth-order valence-electron chi connectivity index (χ4n) is 0.725. The van der Waals surface area contributed by atoms with Crippen molar-refractivity contribution in [1.29, 1.82) is 0 Å². The van der Waals surface area contributed by atoms with Crippen LogP contribution in [0, 0.1) is 5.92 Å². The van der Waals surface area contributed by atoms with Crippen molar-refractivity contribution in [3.05, 3.63) is 0 Å². The minimum atomic E-state index is 0.366. The van der Waals surface area contributed by atoms with Crippen LogP contribution in [-0.2, 0) is 0 Å². The minimum absolute atomic E-state index is 0.366. The van der Waals surface area contributed by atoms with Crippen LogP contribution in [-0.4, -0.2) is 18.5 Å². The number of nitrogens with one attached hydrogen (secondary N) is 1. The van der Waals surface area contributed by atoms with E-state index in [0.29, 0.717) is 17.9 Å². The molecule has 0 bridgehead atoms. The third-order valence-corrected chi connectivity index (χ3v) is 1.71. The summed E-state index contributed by atoms with van der Waals surface area (Å²) in [6.07, 6.45) is 1.15. The maximum absolute atomic E-state index is 5.62. The summed E-state index contributed by atoms with van der Waals surface area (Å²) in [7, 11) is 0. The molecule has 72 valence electrons. The second kappa shape index (κ2) is 5.86. The molecule has 0 saturated heterocycles. The van der Waals surface area contributed by atoms with Crippen molar-refractivity contribution in [1.82, 2.24) is 5.32 Å². The minimum Gasteiger partial charge on any atom is -0.370 e. The third kappa shape index (κ3) is 6.01. The van der Waals surface area contributed by atoms with E-state index in [-0.39, 0.29) is 0 Å². The molecule has 0 aromatic heterocycles. The van der Waals surface area contributed by atoms with E-state index in [1.807, 2.05) is 13.8 Å². The van der Waals surface area contributed by atoms with Crippen molar-refractivity contribution in [2.24, 2.45) is 16.6 Å². The summed E-state index contributed by atoms with van der Waals surface area (Å²) in [5, 5.41) is 3.05. The standard InChI is InChI=1S/C9H21N3/c1-5-8(4)6-11-9(10)12-7(2)3/h7-8H,5-6H2,1-4H3,(H3,10,11,12). The fourth-order valence-corrected chi connectivity index (χ4v) is 0.725. The van der Waals surface area contributed by atoms with Crippen molar-refractivity contribution in [2.75, 3.05) is 6.54 Å². The van der Waals surface area contributed by atoms with Gasteiger partial charge in [-0.15, -0.1) is 0 Å². The Hall–Kier alpha value is -0.730. The smallest absolute Gasteiger partial charge is 0.188 e. The zero-order chi connectivity index (χ0) is 9.56. The average molecular weight is 171 g/mol. The Kier molecular flexibility index (Phi) is 5.51. The van der Waals surface area contributed by atoms with Gasteiger partial charge in [-0.25, -0.2) is 0 Å². The van der Waals surface area contributed by atoms with Crippen molar-refractivity contribution >= 4 is 5.96 Å². The van der Waals surface area contributed by atoms with Gasteiger partial charge in [-0.2, -0.15) is 0 Å². The lowest BCUT2D eigenvalue weighted by Gasteiger charge is -2.09. The van der Waals surface area contributed by atoms with Crippen LogP contribution in [0.4, 0.5) is 0 Å². The Morgan fingerprint density at radius 3 is 2.42 bits per heavy atom. The molecule has 1 unspecified atom stereocenters. The molecule has 0 amide bonds. The maximum Gasteiger partial charge on any atom is 0.188 e. The fraction of sp³-hybridized carbons (Fsp3) is 0.889. The molecule has 12 heavy (non-hydrogen) atoms. The molecule has 0 aromatic carbocycles. The number of aliphatic imine (C=N–C) groups is 1. The van der Waals surface area contributed by atoms with Crippen LogP contribution in [0.1, 0.15) is 34.1 Å². The summed E-state index contributed by atoms with van der Waals surface area (Å²) in [6.45, 7) is 9.25. The molecule has 0 aliphatic carbocycles. The van der Waals surface area contributed by atoms with Gasteiger partial charge in [0.1, 0.15) is 0 Å². The van der Waals surface area contributed by atoms with E-state index < -0.39 is 0 Å². The zero-order valence-corrected chi connectivity index (χ0v) is 8.59. The number of hydrogen-bond acceptors (Lipinski definition) is 1. The second-order valence-corrected chi connectivity index (χ2v) is 3.54. The van der Waals surface area contributed by atoms with Gasteiger partial charge in [-0.1, -0.05) is 20.3 Å². The first kappa shape index (κ1) is 11.3. The van der Waals surface area contributed by atoms with Crippen molar-refractivity contribution in [2.45, 2.75) is 40.2 Å². The molecule has 3 nitrogen and oxygen atoms in total. The van der Waals surface area contributed by atoms with E-state index in [2.05, 4.69) is 24.2 Å². The lowest BCUT2D eigenvalue weighted by atomic mass is 10.1. The quantitative estimate of drug-likeness (QED) is 0.495. The van der Waals surface area contributed by atoms with Gasteiger partial charge in [-0.05, 0) is 19.8 Å². The first-order valence-corrected chi connectivity index (χ1v) is 4.62. The normalized spacial score (nSPS) is 14.9. The summed E-state index contributed by atoms with van der Waals surface area (Å²) in [4.78, 5) is 4.22. The Morgan fingerprint density at radius 2 is 2.00 bits per heavy atom. The van der Waals surface area contributed by atoms with Gasteiger partial charge in [-0.3, -0.25) is 4.99 Å². The Morgan fingerprint density at radius 1 is 1.42 bits per heavy atom. The van der Waals surface area contributed by atoms with Crippen molar-refractivity contribution in [3.8, 4) is 0 Å². The largest absolute Gasteiger partial charge is 0.370 e. The molecule has 0 heterocycles. The number of guanidine groups is 1.